The summed E-state index contributed by atoms with van der Waals surface area (Å²) in [5, 5.41) is 9.79. The maximum atomic E-state index is 13.2. The first-order valence-electron chi connectivity index (χ1n) is 11.2. The number of benzene rings is 2. The Hall–Kier alpha value is -1.88. The van der Waals surface area contributed by atoms with Crippen molar-refractivity contribution in [1.82, 2.24) is 9.80 Å². The number of aliphatic hydroxyl groups is 1. The predicted molar refractivity (Wildman–Crippen MR) is 135 cm³/mol. The number of hydrogen-bond donors (Lipinski definition) is 1. The van der Waals surface area contributed by atoms with E-state index >= 15 is 0 Å². The van der Waals surface area contributed by atoms with Crippen LogP contribution in [0.2, 0.25) is 10.0 Å². The summed E-state index contributed by atoms with van der Waals surface area (Å²) in [6.45, 7) is 1.73. The molecule has 1 saturated heterocycles. The Bertz CT molecular complexity index is 1110. The number of carbonyl (C=O) groups excluding carboxylic acids is 1. The van der Waals surface area contributed by atoms with Crippen LogP contribution in [0.5, 0.6) is 5.75 Å². The Morgan fingerprint density at radius 2 is 1.91 bits per heavy atom. The predicted octanol–water partition coefficient (Wildman–Crippen LogP) is 3.16. The highest BCUT2D eigenvalue weighted by Gasteiger charge is 2.31. The number of amides is 1. The number of halogens is 2. The molecule has 35 heavy (non-hydrogen) atoms. The topological polar surface area (TPSA) is 96.4 Å². The lowest BCUT2D eigenvalue weighted by Gasteiger charge is -2.32. The van der Waals surface area contributed by atoms with Crippen molar-refractivity contribution in [2.24, 2.45) is 0 Å². The van der Waals surface area contributed by atoms with E-state index < -0.39 is 16.2 Å². The van der Waals surface area contributed by atoms with Crippen LogP contribution in [0.25, 0.3) is 0 Å². The summed E-state index contributed by atoms with van der Waals surface area (Å²) >= 11 is 12.1. The minimum absolute atomic E-state index is 0.0813. The minimum Gasteiger partial charge on any atom is -0.491 e. The van der Waals surface area contributed by atoms with Gasteiger partial charge in [0.2, 0.25) is 5.91 Å². The Labute approximate surface area is 216 Å². The number of ether oxygens (including phenoxy) is 1. The van der Waals surface area contributed by atoms with Crippen molar-refractivity contribution in [2.45, 2.75) is 25.0 Å². The number of likely N-dealkylation sites (tertiary alicyclic amines) is 1. The third-order valence-electron chi connectivity index (χ3n) is 5.80. The zero-order chi connectivity index (χ0) is 25.6. The second-order valence-corrected chi connectivity index (χ2v) is 11.0. The summed E-state index contributed by atoms with van der Waals surface area (Å²) in [6.07, 6.45) is 1.39. The van der Waals surface area contributed by atoms with Gasteiger partial charge in [-0.3, -0.25) is 13.9 Å². The summed E-state index contributed by atoms with van der Waals surface area (Å²) in [7, 11) is -1.79. The van der Waals surface area contributed by atoms with E-state index in [4.69, 9.17) is 37.2 Å². The lowest BCUT2D eigenvalue weighted by molar-refractivity contribution is -0.131. The van der Waals surface area contributed by atoms with Crippen LogP contribution in [0.15, 0.2) is 42.5 Å². The number of likely N-dealkylation sites (N-methyl/N-ethyl adjacent to an activating group) is 1. The van der Waals surface area contributed by atoms with Gasteiger partial charge in [0.1, 0.15) is 12.4 Å². The van der Waals surface area contributed by atoms with Gasteiger partial charge in [-0.15, -0.1) is 0 Å². The smallest absolute Gasteiger partial charge is 0.264 e. The van der Waals surface area contributed by atoms with Crippen molar-refractivity contribution in [3.63, 3.8) is 0 Å². The van der Waals surface area contributed by atoms with Crippen molar-refractivity contribution in [2.75, 3.05) is 46.2 Å². The van der Waals surface area contributed by atoms with Gasteiger partial charge in [0, 0.05) is 26.7 Å². The van der Waals surface area contributed by atoms with Crippen LogP contribution < -0.4 is 4.74 Å². The SMILES string of the molecule is CN(C(=O)Cc1ccc(Cl)c(Cl)c1)C(CN1CCC(OS(C)(=O)=O)C1)c1ccc(OCCO)cc1. The van der Waals surface area contributed by atoms with E-state index in [1.807, 2.05) is 12.1 Å². The van der Waals surface area contributed by atoms with E-state index in [9.17, 15) is 13.2 Å². The van der Waals surface area contributed by atoms with Gasteiger partial charge < -0.3 is 14.7 Å². The molecule has 8 nitrogen and oxygen atoms in total. The fourth-order valence-corrected chi connectivity index (χ4v) is 5.03. The number of rotatable bonds is 11. The van der Waals surface area contributed by atoms with Gasteiger partial charge in [0.25, 0.3) is 10.1 Å². The standard InChI is InChI=1S/C24H30Cl2N2O6S/c1-27(24(30)14-17-3-8-21(25)22(26)13-17)23(18-4-6-19(7-5-18)33-12-11-29)16-28-10-9-20(15-28)34-35(2,31)32/h3-8,13,20,23,29H,9-12,14-16H2,1-2H3. The molecule has 2 atom stereocenters. The quantitative estimate of drug-likeness (QED) is 0.434. The van der Waals surface area contributed by atoms with Crippen LogP contribution in [0.1, 0.15) is 23.6 Å². The molecule has 1 fully saturated rings. The van der Waals surface area contributed by atoms with Crippen molar-refractivity contribution in [3.8, 4) is 5.75 Å². The molecule has 1 N–H and O–H groups in total. The average molecular weight is 545 g/mol. The third kappa shape index (κ3) is 8.34. The van der Waals surface area contributed by atoms with E-state index in [2.05, 4.69) is 4.90 Å². The number of aliphatic hydroxyl groups excluding tert-OH is 1. The van der Waals surface area contributed by atoms with Crippen molar-refractivity contribution in [3.05, 3.63) is 63.6 Å². The van der Waals surface area contributed by atoms with Crippen molar-refractivity contribution >= 4 is 39.2 Å². The molecule has 1 amide bonds. The molecule has 2 aromatic rings. The van der Waals surface area contributed by atoms with E-state index in [1.54, 1.807) is 42.3 Å². The third-order valence-corrected chi connectivity index (χ3v) is 7.16. The molecule has 3 rings (SSSR count). The lowest BCUT2D eigenvalue weighted by Crippen LogP contribution is -2.39. The van der Waals surface area contributed by atoms with Gasteiger partial charge in [-0.05, 0) is 41.8 Å². The number of hydrogen-bond acceptors (Lipinski definition) is 7. The highest BCUT2D eigenvalue weighted by atomic mass is 35.5. The summed E-state index contributed by atoms with van der Waals surface area (Å²) < 4.78 is 33.7. The average Bonchev–Trinajstić information content (AvgIpc) is 3.23. The summed E-state index contributed by atoms with van der Waals surface area (Å²) in [5.74, 6) is 0.520. The van der Waals surface area contributed by atoms with Crippen LogP contribution in [0, 0.1) is 0 Å². The zero-order valence-corrected chi connectivity index (χ0v) is 22.0. The molecule has 0 radical (unpaired) electrons. The molecule has 11 heteroatoms. The van der Waals surface area contributed by atoms with Crippen molar-refractivity contribution in [1.29, 1.82) is 0 Å². The van der Waals surface area contributed by atoms with Gasteiger partial charge in [0.15, 0.2) is 0 Å². The Balaban J connectivity index is 1.77. The first-order chi connectivity index (χ1) is 16.6. The van der Waals surface area contributed by atoms with Crippen LogP contribution in [0.3, 0.4) is 0 Å². The largest absolute Gasteiger partial charge is 0.491 e. The molecule has 1 aliphatic rings. The fourth-order valence-electron chi connectivity index (χ4n) is 4.06. The molecule has 1 aliphatic heterocycles. The maximum absolute atomic E-state index is 13.2. The van der Waals surface area contributed by atoms with E-state index in [-0.39, 0.29) is 31.6 Å². The molecule has 0 bridgehead atoms. The lowest BCUT2D eigenvalue weighted by atomic mass is 10.0. The Morgan fingerprint density at radius 1 is 1.20 bits per heavy atom. The Morgan fingerprint density at radius 3 is 2.54 bits per heavy atom. The van der Waals surface area contributed by atoms with Gasteiger partial charge in [0.05, 0.1) is 41.5 Å². The summed E-state index contributed by atoms with van der Waals surface area (Å²) in [4.78, 5) is 17.0. The van der Waals surface area contributed by atoms with E-state index in [0.29, 0.717) is 41.8 Å². The van der Waals surface area contributed by atoms with E-state index in [0.717, 1.165) is 17.4 Å². The molecule has 0 spiro atoms. The summed E-state index contributed by atoms with van der Waals surface area (Å²) in [5.41, 5.74) is 1.66. The first kappa shape index (κ1) is 27.7. The monoisotopic (exact) mass is 544 g/mol. The van der Waals surface area contributed by atoms with Gasteiger partial charge >= 0.3 is 0 Å². The molecule has 0 saturated carbocycles. The van der Waals surface area contributed by atoms with Gasteiger partial charge in [-0.2, -0.15) is 8.42 Å². The van der Waals surface area contributed by atoms with Crippen LogP contribution in [-0.2, 0) is 25.5 Å². The molecule has 192 valence electrons. The van der Waals surface area contributed by atoms with Crippen LogP contribution in [-0.4, -0.2) is 81.5 Å². The van der Waals surface area contributed by atoms with E-state index in [1.165, 1.54) is 0 Å². The molecule has 2 aromatic carbocycles. The molecular weight excluding hydrogens is 515 g/mol. The second-order valence-electron chi connectivity index (χ2n) is 8.56. The number of carbonyl (C=O) groups is 1. The molecule has 0 aromatic heterocycles. The van der Waals surface area contributed by atoms with Crippen LogP contribution >= 0.6 is 23.2 Å². The maximum Gasteiger partial charge on any atom is 0.264 e. The minimum atomic E-state index is -3.54. The van der Waals surface area contributed by atoms with Crippen LogP contribution in [0.4, 0.5) is 0 Å². The molecular formula is C24H30Cl2N2O6S. The fraction of sp³-hybridized carbons (Fsp3) is 0.458. The van der Waals surface area contributed by atoms with Crippen molar-refractivity contribution < 1.29 is 27.2 Å². The Kier molecular flexibility index (Phi) is 9.80. The van der Waals surface area contributed by atoms with Gasteiger partial charge in [-0.1, -0.05) is 41.4 Å². The normalized spacial score (nSPS) is 17.3. The molecule has 2 unspecified atom stereocenters. The zero-order valence-electron chi connectivity index (χ0n) is 19.7. The first-order valence-corrected chi connectivity index (χ1v) is 13.8. The number of nitrogens with zero attached hydrogens (tertiary/aromatic N) is 2. The molecule has 0 aliphatic carbocycles. The highest BCUT2D eigenvalue weighted by molar-refractivity contribution is 7.86. The summed E-state index contributed by atoms with van der Waals surface area (Å²) in [6, 6.07) is 12.2. The molecule has 1 heterocycles. The second kappa shape index (κ2) is 12.4. The highest BCUT2D eigenvalue weighted by Crippen LogP contribution is 2.28. The van der Waals surface area contributed by atoms with Gasteiger partial charge in [-0.25, -0.2) is 0 Å².